The van der Waals surface area contributed by atoms with E-state index in [1.54, 1.807) is 12.4 Å². The minimum Gasteiger partial charge on any atom is -0.271 e. The number of aliphatic imine (C=N–C) groups is 1. The van der Waals surface area contributed by atoms with Crippen LogP contribution in [-0.4, -0.2) is 16.3 Å². The highest BCUT2D eigenvalue weighted by Gasteiger charge is 2.15. The van der Waals surface area contributed by atoms with Crippen LogP contribution in [0.1, 0.15) is 0 Å². The lowest BCUT2D eigenvalue weighted by molar-refractivity contribution is -0.385. The molecule has 1 aromatic rings. The molecule has 0 spiro atoms. The van der Waals surface area contributed by atoms with Crippen LogP contribution < -0.4 is 5.32 Å². The van der Waals surface area contributed by atoms with Crippen LogP contribution in [0.5, 0.6) is 0 Å². The molecule has 18 heavy (non-hydrogen) atoms. The highest BCUT2D eigenvalue weighted by molar-refractivity contribution is 9.10. The molecule has 0 aromatic heterocycles. The predicted molar refractivity (Wildman–Crippen MR) is 75.2 cm³/mol. The molecular formula is C9H6BrClN4O2S. The van der Waals surface area contributed by atoms with Crippen molar-refractivity contribution in [3.05, 3.63) is 31.7 Å². The van der Waals surface area contributed by atoms with E-state index < -0.39 is 4.92 Å². The summed E-state index contributed by atoms with van der Waals surface area (Å²) in [5.74, 6) is 0. The van der Waals surface area contributed by atoms with Gasteiger partial charge in [-0.15, -0.1) is 0 Å². The standard InChI is InChI=1S/C9H6BrClN4O2S/c1-18-9(13-4-12)14-7-3-8(15(16)17)5(10)2-6(7)11/h2-3H,1H3,(H,13,14). The maximum absolute atomic E-state index is 10.8. The Kier molecular flexibility index (Phi) is 5.40. The SMILES string of the molecule is CSC(=Nc1cc([N+](=O)[O-])c(Br)cc1Cl)NC#N. The number of amidine groups is 1. The van der Waals surface area contributed by atoms with E-state index in [0.29, 0.717) is 5.17 Å². The Labute approximate surface area is 120 Å². The topological polar surface area (TPSA) is 91.3 Å². The molecule has 0 saturated heterocycles. The molecule has 6 nitrogen and oxygen atoms in total. The molecule has 0 aliphatic heterocycles. The van der Waals surface area contributed by atoms with Gasteiger partial charge in [0.1, 0.15) is 0 Å². The highest BCUT2D eigenvalue weighted by Crippen LogP contribution is 2.36. The number of nitro benzene ring substituents is 1. The third-order valence-corrected chi connectivity index (χ3v) is 3.31. The summed E-state index contributed by atoms with van der Waals surface area (Å²) < 4.78 is 0.274. The molecule has 94 valence electrons. The predicted octanol–water partition coefficient (Wildman–Crippen LogP) is 3.43. The van der Waals surface area contributed by atoms with Crippen molar-refractivity contribution in [1.82, 2.24) is 5.32 Å². The molecular weight excluding hydrogens is 344 g/mol. The van der Waals surface area contributed by atoms with Crippen molar-refractivity contribution < 1.29 is 4.92 Å². The second-order valence-electron chi connectivity index (χ2n) is 2.87. The molecule has 0 heterocycles. The first-order chi connectivity index (χ1) is 8.49. The molecule has 1 aromatic carbocycles. The average Bonchev–Trinajstić information content (AvgIpc) is 2.31. The van der Waals surface area contributed by atoms with Crippen molar-refractivity contribution >= 4 is 55.8 Å². The fourth-order valence-corrected chi connectivity index (χ4v) is 2.20. The van der Waals surface area contributed by atoms with Crippen molar-refractivity contribution in [2.24, 2.45) is 4.99 Å². The van der Waals surface area contributed by atoms with Crippen LogP contribution in [0.15, 0.2) is 21.6 Å². The Morgan fingerprint density at radius 3 is 2.89 bits per heavy atom. The van der Waals surface area contributed by atoms with Crippen LogP contribution in [0, 0.1) is 21.6 Å². The number of rotatable bonds is 2. The number of nitriles is 1. The number of halogens is 2. The van der Waals surface area contributed by atoms with Gasteiger partial charge < -0.3 is 0 Å². The van der Waals surface area contributed by atoms with Crippen LogP contribution in [0.25, 0.3) is 0 Å². The fourth-order valence-electron chi connectivity index (χ4n) is 1.03. The molecule has 0 aliphatic carbocycles. The minimum absolute atomic E-state index is 0.143. The largest absolute Gasteiger partial charge is 0.285 e. The van der Waals surface area contributed by atoms with E-state index in [0.717, 1.165) is 0 Å². The van der Waals surface area contributed by atoms with Crippen LogP contribution in [-0.2, 0) is 0 Å². The molecule has 1 N–H and O–H groups in total. The molecule has 0 fully saturated rings. The van der Waals surface area contributed by atoms with Crippen LogP contribution in [0.3, 0.4) is 0 Å². The maximum atomic E-state index is 10.8. The third kappa shape index (κ3) is 3.60. The van der Waals surface area contributed by atoms with Gasteiger partial charge >= 0.3 is 0 Å². The number of nitro groups is 1. The zero-order chi connectivity index (χ0) is 13.7. The van der Waals surface area contributed by atoms with E-state index in [9.17, 15) is 10.1 Å². The summed E-state index contributed by atoms with van der Waals surface area (Å²) in [5.41, 5.74) is 0.0780. The fraction of sp³-hybridized carbons (Fsp3) is 0.111. The van der Waals surface area contributed by atoms with Gasteiger partial charge in [-0.05, 0) is 28.3 Å². The quantitative estimate of drug-likeness (QED) is 0.220. The maximum Gasteiger partial charge on any atom is 0.285 e. The Morgan fingerprint density at radius 2 is 2.39 bits per heavy atom. The Balaban J connectivity index is 3.29. The van der Waals surface area contributed by atoms with E-state index >= 15 is 0 Å². The van der Waals surface area contributed by atoms with Crippen molar-refractivity contribution in [2.75, 3.05) is 6.26 Å². The van der Waals surface area contributed by atoms with E-state index in [4.69, 9.17) is 16.9 Å². The first-order valence-electron chi connectivity index (χ1n) is 4.40. The summed E-state index contributed by atoms with van der Waals surface area (Å²) in [4.78, 5) is 14.3. The number of nitrogens with zero attached hydrogens (tertiary/aromatic N) is 3. The van der Waals surface area contributed by atoms with Gasteiger partial charge in [0.15, 0.2) is 11.4 Å². The summed E-state index contributed by atoms with van der Waals surface area (Å²) >= 11 is 10.2. The highest BCUT2D eigenvalue weighted by atomic mass is 79.9. The normalized spacial score (nSPS) is 10.9. The second-order valence-corrected chi connectivity index (χ2v) is 4.93. The Bertz CT molecular complexity index is 558. The zero-order valence-corrected chi connectivity index (χ0v) is 12.1. The van der Waals surface area contributed by atoms with Crippen LogP contribution in [0.4, 0.5) is 11.4 Å². The van der Waals surface area contributed by atoms with Crippen LogP contribution >= 0.6 is 39.3 Å². The summed E-state index contributed by atoms with van der Waals surface area (Å²) in [6.45, 7) is 0. The van der Waals surface area contributed by atoms with Gasteiger partial charge in [0.05, 0.1) is 20.1 Å². The van der Waals surface area contributed by atoms with Gasteiger partial charge in [0.25, 0.3) is 5.69 Å². The Morgan fingerprint density at radius 1 is 1.72 bits per heavy atom. The van der Waals surface area contributed by atoms with Crippen LogP contribution in [0.2, 0.25) is 5.02 Å². The minimum atomic E-state index is -0.546. The lowest BCUT2D eigenvalue weighted by Crippen LogP contribution is -2.12. The summed E-state index contributed by atoms with van der Waals surface area (Å²) in [6, 6.07) is 2.63. The van der Waals surface area contributed by atoms with Crippen molar-refractivity contribution in [2.45, 2.75) is 0 Å². The van der Waals surface area contributed by atoms with Gasteiger partial charge in [0.2, 0.25) is 0 Å². The zero-order valence-electron chi connectivity index (χ0n) is 8.98. The summed E-state index contributed by atoms with van der Waals surface area (Å²) in [6.07, 6.45) is 3.43. The smallest absolute Gasteiger partial charge is 0.271 e. The molecule has 0 unspecified atom stereocenters. The van der Waals surface area contributed by atoms with E-state index in [1.165, 1.54) is 23.9 Å². The molecule has 0 atom stereocenters. The van der Waals surface area contributed by atoms with Gasteiger partial charge in [-0.1, -0.05) is 23.4 Å². The van der Waals surface area contributed by atoms with Gasteiger partial charge in [-0.2, -0.15) is 5.26 Å². The number of hydrogen-bond acceptors (Lipinski definition) is 5. The Hall–Kier alpha value is -1.30. The second kappa shape index (κ2) is 6.58. The molecule has 0 amide bonds. The number of thioether (sulfide) groups is 1. The molecule has 0 bridgehead atoms. The van der Waals surface area contributed by atoms with Crippen molar-refractivity contribution in [3.63, 3.8) is 0 Å². The molecule has 9 heteroatoms. The monoisotopic (exact) mass is 348 g/mol. The van der Waals surface area contributed by atoms with Crippen molar-refractivity contribution in [3.8, 4) is 6.19 Å². The third-order valence-electron chi connectivity index (χ3n) is 1.79. The van der Waals surface area contributed by atoms with Gasteiger partial charge in [-0.25, -0.2) is 4.99 Å². The number of nitrogens with one attached hydrogen (secondary N) is 1. The van der Waals surface area contributed by atoms with Crippen molar-refractivity contribution in [1.29, 1.82) is 5.26 Å². The average molecular weight is 350 g/mol. The van der Waals surface area contributed by atoms with E-state index in [2.05, 4.69) is 26.2 Å². The van der Waals surface area contributed by atoms with Gasteiger partial charge in [-0.3, -0.25) is 15.4 Å². The van der Waals surface area contributed by atoms with E-state index in [-0.39, 0.29) is 20.9 Å². The summed E-state index contributed by atoms with van der Waals surface area (Å²) in [5, 5.41) is 22.2. The number of hydrogen-bond donors (Lipinski definition) is 1. The number of benzene rings is 1. The van der Waals surface area contributed by atoms with E-state index in [1.807, 2.05) is 0 Å². The van der Waals surface area contributed by atoms with Gasteiger partial charge in [0, 0.05) is 6.07 Å². The first kappa shape index (κ1) is 14.8. The molecule has 0 aliphatic rings. The molecule has 1 rings (SSSR count). The lowest BCUT2D eigenvalue weighted by atomic mass is 10.3. The molecule has 0 saturated carbocycles. The lowest BCUT2D eigenvalue weighted by Gasteiger charge is -2.03. The molecule has 0 radical (unpaired) electrons. The first-order valence-corrected chi connectivity index (χ1v) is 6.80. The summed E-state index contributed by atoms with van der Waals surface area (Å²) in [7, 11) is 0.